The number of halogens is 2. The molecular formula is C11H13BrFNO3S. The van der Waals surface area contributed by atoms with Gasteiger partial charge < -0.3 is 4.90 Å². The van der Waals surface area contributed by atoms with Crippen molar-refractivity contribution >= 4 is 37.4 Å². The maximum Gasteiger partial charge on any atom is 0.227 e. The number of nitrogens with zero attached hydrogens (tertiary/aromatic N) is 1. The minimum Gasteiger partial charge on any atom is -0.313 e. The number of anilines is 1. The second-order valence-corrected chi connectivity index (χ2v) is 7.10. The van der Waals surface area contributed by atoms with Gasteiger partial charge in [0, 0.05) is 24.2 Å². The van der Waals surface area contributed by atoms with Crippen molar-refractivity contribution in [3.63, 3.8) is 0 Å². The first-order chi connectivity index (χ1) is 8.20. The monoisotopic (exact) mass is 337 g/mol. The predicted molar refractivity (Wildman–Crippen MR) is 71.8 cm³/mol. The van der Waals surface area contributed by atoms with Gasteiger partial charge in [-0.05, 0) is 18.2 Å². The molecule has 0 saturated heterocycles. The maximum atomic E-state index is 13.6. The van der Waals surface area contributed by atoms with E-state index in [1.165, 1.54) is 19.2 Å². The zero-order valence-electron chi connectivity index (χ0n) is 9.98. The zero-order valence-corrected chi connectivity index (χ0v) is 12.4. The summed E-state index contributed by atoms with van der Waals surface area (Å²) in [7, 11) is -1.79. The summed E-state index contributed by atoms with van der Waals surface area (Å²) in [6, 6.07) is 4.31. The van der Waals surface area contributed by atoms with E-state index >= 15 is 0 Å². The van der Waals surface area contributed by atoms with Crippen LogP contribution in [0.3, 0.4) is 0 Å². The number of rotatable bonds is 4. The summed E-state index contributed by atoms with van der Waals surface area (Å²) < 4.78 is 36.1. The van der Waals surface area contributed by atoms with Gasteiger partial charge in [-0.1, -0.05) is 15.9 Å². The van der Waals surface area contributed by atoms with Crippen LogP contribution >= 0.6 is 15.9 Å². The molecule has 18 heavy (non-hydrogen) atoms. The molecule has 0 aliphatic heterocycles. The van der Waals surface area contributed by atoms with Gasteiger partial charge in [-0.3, -0.25) is 4.79 Å². The molecule has 0 aliphatic carbocycles. The van der Waals surface area contributed by atoms with E-state index in [1.807, 2.05) is 0 Å². The lowest BCUT2D eigenvalue weighted by atomic mass is 10.2. The highest BCUT2D eigenvalue weighted by atomic mass is 79.9. The van der Waals surface area contributed by atoms with Gasteiger partial charge in [-0.25, -0.2) is 12.8 Å². The van der Waals surface area contributed by atoms with E-state index in [4.69, 9.17) is 0 Å². The van der Waals surface area contributed by atoms with Crippen molar-refractivity contribution in [2.24, 2.45) is 0 Å². The lowest BCUT2D eigenvalue weighted by Gasteiger charge is -2.17. The van der Waals surface area contributed by atoms with Crippen molar-refractivity contribution in [3.8, 4) is 0 Å². The molecule has 0 radical (unpaired) electrons. The van der Waals surface area contributed by atoms with Gasteiger partial charge in [-0.2, -0.15) is 0 Å². The van der Waals surface area contributed by atoms with Crippen molar-refractivity contribution in [1.82, 2.24) is 0 Å². The van der Waals surface area contributed by atoms with Crippen molar-refractivity contribution in [2.75, 3.05) is 24.0 Å². The second-order valence-electron chi connectivity index (χ2n) is 3.93. The third kappa shape index (κ3) is 4.38. The molecule has 1 rings (SSSR count). The first kappa shape index (κ1) is 15.1. The van der Waals surface area contributed by atoms with Gasteiger partial charge in [0.15, 0.2) is 0 Å². The molecule has 0 fully saturated rings. The Morgan fingerprint density at radius 1 is 1.44 bits per heavy atom. The van der Waals surface area contributed by atoms with E-state index in [1.54, 1.807) is 6.07 Å². The topological polar surface area (TPSA) is 54.5 Å². The average molecular weight is 338 g/mol. The fraction of sp³-hybridized carbons (Fsp3) is 0.364. The van der Waals surface area contributed by atoms with Gasteiger partial charge in [-0.15, -0.1) is 0 Å². The Morgan fingerprint density at radius 2 is 2.06 bits per heavy atom. The van der Waals surface area contributed by atoms with Gasteiger partial charge in [0.2, 0.25) is 5.91 Å². The van der Waals surface area contributed by atoms with Crippen LogP contribution in [0.5, 0.6) is 0 Å². The van der Waals surface area contributed by atoms with E-state index in [0.29, 0.717) is 4.47 Å². The third-order valence-corrected chi connectivity index (χ3v) is 3.77. The lowest BCUT2D eigenvalue weighted by molar-refractivity contribution is -0.118. The minimum absolute atomic E-state index is 0.122. The molecule has 1 amide bonds. The van der Waals surface area contributed by atoms with Crippen LogP contribution in [-0.2, 0) is 14.6 Å². The fourth-order valence-corrected chi connectivity index (χ4v) is 2.21. The van der Waals surface area contributed by atoms with Crippen LogP contribution in [0.1, 0.15) is 6.42 Å². The molecule has 0 atom stereocenters. The second kappa shape index (κ2) is 5.79. The number of hydrogen-bond acceptors (Lipinski definition) is 3. The first-order valence-corrected chi connectivity index (χ1v) is 7.95. The first-order valence-electron chi connectivity index (χ1n) is 5.10. The molecule has 0 saturated carbocycles. The number of carbonyl (C=O) groups excluding carboxylic acids is 1. The molecule has 0 heterocycles. The van der Waals surface area contributed by atoms with Crippen LogP contribution in [0.4, 0.5) is 10.1 Å². The number of benzene rings is 1. The molecule has 1 aromatic rings. The molecule has 1 aromatic carbocycles. The standard InChI is InChI=1S/C11H13BrFNO3S/c1-14(11(15)5-6-18(2,16)17)10-4-3-8(12)7-9(10)13/h3-4,7H,5-6H2,1-2H3. The molecule has 4 nitrogen and oxygen atoms in total. The SMILES string of the molecule is CN(C(=O)CCS(C)(=O)=O)c1ccc(Br)cc1F. The summed E-state index contributed by atoms with van der Waals surface area (Å²) in [6.45, 7) is 0. The van der Waals surface area contributed by atoms with Crippen LogP contribution in [0.25, 0.3) is 0 Å². The third-order valence-electron chi connectivity index (χ3n) is 2.33. The quantitative estimate of drug-likeness (QED) is 0.844. The molecule has 100 valence electrons. The van der Waals surface area contributed by atoms with E-state index in [0.717, 1.165) is 11.2 Å². The number of sulfone groups is 1. The molecule has 0 unspecified atom stereocenters. The Kier molecular flexibility index (Phi) is 4.86. The highest BCUT2D eigenvalue weighted by Gasteiger charge is 2.16. The molecule has 0 bridgehead atoms. The van der Waals surface area contributed by atoms with E-state index in [9.17, 15) is 17.6 Å². The number of carbonyl (C=O) groups is 1. The zero-order chi connectivity index (χ0) is 13.9. The number of hydrogen-bond donors (Lipinski definition) is 0. The molecule has 0 aliphatic rings. The van der Waals surface area contributed by atoms with Crippen molar-refractivity contribution < 1.29 is 17.6 Å². The largest absolute Gasteiger partial charge is 0.313 e. The Balaban J connectivity index is 2.80. The van der Waals surface area contributed by atoms with Crippen LogP contribution in [0.15, 0.2) is 22.7 Å². The van der Waals surface area contributed by atoms with Crippen molar-refractivity contribution in [1.29, 1.82) is 0 Å². The Hall–Kier alpha value is -0.950. The van der Waals surface area contributed by atoms with E-state index in [2.05, 4.69) is 15.9 Å². The summed E-state index contributed by atoms with van der Waals surface area (Å²) in [5.74, 6) is -1.23. The van der Waals surface area contributed by atoms with Crippen LogP contribution in [-0.4, -0.2) is 33.4 Å². The van der Waals surface area contributed by atoms with Gasteiger partial charge >= 0.3 is 0 Å². The highest BCUT2D eigenvalue weighted by Crippen LogP contribution is 2.22. The summed E-state index contributed by atoms with van der Waals surface area (Å²) in [5, 5.41) is 0. The van der Waals surface area contributed by atoms with Crippen LogP contribution in [0.2, 0.25) is 0 Å². The lowest BCUT2D eigenvalue weighted by Crippen LogP contribution is -2.28. The molecule has 0 aromatic heterocycles. The maximum absolute atomic E-state index is 13.6. The molecule has 7 heteroatoms. The van der Waals surface area contributed by atoms with Crippen molar-refractivity contribution in [2.45, 2.75) is 6.42 Å². The smallest absolute Gasteiger partial charge is 0.227 e. The highest BCUT2D eigenvalue weighted by molar-refractivity contribution is 9.10. The predicted octanol–water partition coefficient (Wildman–Crippen LogP) is 1.99. The molecule has 0 N–H and O–H groups in total. The number of amides is 1. The summed E-state index contributed by atoms with van der Waals surface area (Å²) in [4.78, 5) is 12.8. The molecule has 0 spiro atoms. The van der Waals surface area contributed by atoms with Crippen molar-refractivity contribution in [3.05, 3.63) is 28.5 Å². The summed E-state index contributed by atoms with van der Waals surface area (Å²) in [5.41, 5.74) is 0.122. The Labute approximate surface area is 114 Å². The summed E-state index contributed by atoms with van der Waals surface area (Å²) >= 11 is 3.12. The Bertz CT molecular complexity index is 559. The summed E-state index contributed by atoms with van der Waals surface area (Å²) in [6.07, 6.45) is 0.894. The Morgan fingerprint density at radius 3 is 2.56 bits per heavy atom. The molecular weight excluding hydrogens is 325 g/mol. The van der Waals surface area contributed by atoms with Crippen LogP contribution < -0.4 is 4.90 Å². The minimum atomic E-state index is -3.20. The normalized spacial score (nSPS) is 11.3. The van der Waals surface area contributed by atoms with Crippen LogP contribution in [0, 0.1) is 5.82 Å². The van der Waals surface area contributed by atoms with E-state index < -0.39 is 21.6 Å². The van der Waals surface area contributed by atoms with E-state index in [-0.39, 0.29) is 17.9 Å². The average Bonchev–Trinajstić information content (AvgIpc) is 2.24. The van der Waals surface area contributed by atoms with Gasteiger partial charge in [0.05, 0.1) is 11.4 Å². The van der Waals surface area contributed by atoms with Gasteiger partial charge in [0.1, 0.15) is 15.7 Å². The van der Waals surface area contributed by atoms with Gasteiger partial charge in [0.25, 0.3) is 0 Å². The fourth-order valence-electron chi connectivity index (χ4n) is 1.33.